The Kier molecular flexibility index (Phi) is 6.56. The van der Waals surface area contributed by atoms with Gasteiger partial charge < -0.3 is 14.8 Å². The number of hydrogen-bond acceptors (Lipinski definition) is 5. The summed E-state index contributed by atoms with van der Waals surface area (Å²) in [5.41, 5.74) is 3.86. The number of aryl methyl sites for hydroxylation is 2. The fourth-order valence-corrected chi connectivity index (χ4v) is 5.33. The van der Waals surface area contributed by atoms with Crippen molar-refractivity contribution in [3.8, 4) is 5.75 Å². The third-order valence-corrected chi connectivity index (χ3v) is 6.99. The van der Waals surface area contributed by atoms with Crippen molar-refractivity contribution in [1.82, 2.24) is 0 Å². The van der Waals surface area contributed by atoms with Gasteiger partial charge in [0.05, 0.1) is 12.7 Å². The number of esters is 1. The number of fused-ring (bicyclic) bond motifs is 1. The van der Waals surface area contributed by atoms with E-state index in [1.807, 2.05) is 32.0 Å². The van der Waals surface area contributed by atoms with Gasteiger partial charge in [-0.05, 0) is 61.6 Å². The second-order valence-corrected chi connectivity index (χ2v) is 10.2. The van der Waals surface area contributed by atoms with Gasteiger partial charge in [0.15, 0.2) is 6.61 Å². The van der Waals surface area contributed by atoms with Crippen molar-refractivity contribution in [2.75, 3.05) is 19.0 Å². The average Bonchev–Trinajstić information content (AvgIpc) is 3.02. The number of rotatable bonds is 5. The standard InChI is InChI=1S/C24H31NO4S/c1-14-7-10-18(15(2)11-14)29-13-20(26)25-22-21(23(27)28-6)17-9-8-16(24(3,4)5)12-19(17)30-22/h7,10-11,16H,8-9,12-13H2,1-6H3,(H,25,26). The van der Waals surface area contributed by atoms with E-state index < -0.39 is 5.97 Å². The molecule has 1 N–H and O–H groups in total. The molecule has 0 saturated carbocycles. The molecular weight excluding hydrogens is 398 g/mol. The molecule has 0 bridgehead atoms. The minimum atomic E-state index is -0.396. The number of carbonyl (C=O) groups excluding carboxylic acids is 2. The van der Waals surface area contributed by atoms with E-state index >= 15 is 0 Å². The summed E-state index contributed by atoms with van der Waals surface area (Å²) in [7, 11) is 1.38. The summed E-state index contributed by atoms with van der Waals surface area (Å²) in [5, 5.41) is 3.46. The highest BCUT2D eigenvalue weighted by atomic mass is 32.1. The highest BCUT2D eigenvalue weighted by Gasteiger charge is 2.34. The first kappa shape index (κ1) is 22.3. The van der Waals surface area contributed by atoms with E-state index in [1.165, 1.54) is 23.3 Å². The summed E-state index contributed by atoms with van der Waals surface area (Å²) in [6.07, 6.45) is 2.77. The maximum atomic E-state index is 12.6. The number of ether oxygens (including phenoxy) is 2. The zero-order valence-electron chi connectivity index (χ0n) is 18.7. The number of anilines is 1. The minimum absolute atomic E-state index is 0.113. The molecule has 5 nitrogen and oxygen atoms in total. The summed E-state index contributed by atoms with van der Waals surface area (Å²) in [4.78, 5) is 26.2. The fraction of sp³-hybridized carbons (Fsp3) is 0.500. The Bertz CT molecular complexity index is 955. The Balaban J connectivity index is 1.77. The smallest absolute Gasteiger partial charge is 0.341 e. The molecule has 1 aromatic heterocycles. The molecule has 1 aliphatic carbocycles. The van der Waals surface area contributed by atoms with Crippen LogP contribution in [0.2, 0.25) is 0 Å². The van der Waals surface area contributed by atoms with Crippen LogP contribution in [-0.2, 0) is 22.4 Å². The maximum absolute atomic E-state index is 12.6. The summed E-state index contributed by atoms with van der Waals surface area (Å²) in [5.74, 6) is 0.548. The summed E-state index contributed by atoms with van der Waals surface area (Å²) < 4.78 is 10.7. The molecule has 0 aliphatic heterocycles. The molecule has 1 aliphatic rings. The van der Waals surface area contributed by atoms with Gasteiger partial charge in [-0.3, -0.25) is 4.79 Å². The first-order chi connectivity index (χ1) is 14.1. The molecule has 0 saturated heterocycles. The first-order valence-electron chi connectivity index (χ1n) is 10.3. The molecule has 0 fully saturated rings. The summed E-state index contributed by atoms with van der Waals surface area (Å²) in [6.45, 7) is 10.6. The van der Waals surface area contributed by atoms with Crippen molar-refractivity contribution in [3.63, 3.8) is 0 Å². The van der Waals surface area contributed by atoms with Gasteiger partial charge >= 0.3 is 5.97 Å². The van der Waals surface area contributed by atoms with Crippen molar-refractivity contribution in [3.05, 3.63) is 45.3 Å². The van der Waals surface area contributed by atoms with Gasteiger partial charge in [-0.2, -0.15) is 0 Å². The van der Waals surface area contributed by atoms with Crippen molar-refractivity contribution >= 4 is 28.2 Å². The van der Waals surface area contributed by atoms with Crippen LogP contribution >= 0.6 is 11.3 Å². The van der Waals surface area contributed by atoms with Crippen molar-refractivity contribution in [1.29, 1.82) is 0 Å². The van der Waals surface area contributed by atoms with Gasteiger partial charge in [0, 0.05) is 4.88 Å². The van der Waals surface area contributed by atoms with Gasteiger partial charge in [0.25, 0.3) is 5.91 Å². The van der Waals surface area contributed by atoms with E-state index in [4.69, 9.17) is 9.47 Å². The van der Waals surface area contributed by atoms with Gasteiger partial charge in [-0.25, -0.2) is 4.79 Å². The highest BCUT2D eigenvalue weighted by molar-refractivity contribution is 7.17. The van der Waals surface area contributed by atoms with E-state index in [0.29, 0.717) is 22.2 Å². The molecule has 3 rings (SSSR count). The van der Waals surface area contributed by atoms with Crippen LogP contribution in [-0.4, -0.2) is 25.6 Å². The minimum Gasteiger partial charge on any atom is -0.483 e. The molecule has 1 aromatic carbocycles. The maximum Gasteiger partial charge on any atom is 0.341 e. The van der Waals surface area contributed by atoms with Crippen LogP contribution in [0.4, 0.5) is 5.00 Å². The van der Waals surface area contributed by atoms with Crippen LogP contribution in [0.3, 0.4) is 0 Å². The van der Waals surface area contributed by atoms with Gasteiger partial charge in [0.1, 0.15) is 10.8 Å². The molecule has 6 heteroatoms. The zero-order chi connectivity index (χ0) is 22.1. The monoisotopic (exact) mass is 429 g/mol. The lowest BCUT2D eigenvalue weighted by molar-refractivity contribution is -0.118. The van der Waals surface area contributed by atoms with E-state index in [-0.39, 0.29) is 17.9 Å². The quantitative estimate of drug-likeness (QED) is 0.653. The third kappa shape index (κ3) is 4.86. The lowest BCUT2D eigenvalue weighted by Crippen LogP contribution is -2.26. The van der Waals surface area contributed by atoms with Crippen LogP contribution in [0, 0.1) is 25.2 Å². The normalized spacial score (nSPS) is 16.0. The molecule has 1 heterocycles. The molecule has 162 valence electrons. The Morgan fingerprint density at radius 2 is 1.97 bits per heavy atom. The molecule has 1 unspecified atom stereocenters. The number of carbonyl (C=O) groups is 2. The number of methoxy groups -OCH3 is 1. The highest BCUT2D eigenvalue weighted by Crippen LogP contribution is 2.44. The predicted octanol–water partition coefficient (Wildman–Crippen LogP) is 5.32. The van der Waals surface area contributed by atoms with Gasteiger partial charge in [-0.1, -0.05) is 38.5 Å². The van der Waals surface area contributed by atoms with Crippen LogP contribution in [0.25, 0.3) is 0 Å². The number of thiophene rings is 1. The van der Waals surface area contributed by atoms with Crippen molar-refractivity contribution < 1.29 is 19.1 Å². The molecule has 0 spiro atoms. The van der Waals surface area contributed by atoms with E-state index in [1.54, 1.807) is 0 Å². The van der Waals surface area contributed by atoms with E-state index in [2.05, 4.69) is 26.1 Å². The summed E-state index contributed by atoms with van der Waals surface area (Å²) in [6, 6.07) is 5.84. The van der Waals surface area contributed by atoms with Crippen LogP contribution in [0.5, 0.6) is 5.75 Å². The second kappa shape index (κ2) is 8.80. The second-order valence-electron chi connectivity index (χ2n) is 9.11. The summed E-state index contributed by atoms with van der Waals surface area (Å²) >= 11 is 1.49. The lowest BCUT2D eigenvalue weighted by atomic mass is 9.72. The Labute approximate surface area is 182 Å². The number of hydrogen-bond donors (Lipinski definition) is 1. The number of nitrogens with one attached hydrogen (secondary N) is 1. The molecular formula is C24H31NO4S. The fourth-order valence-electron chi connectivity index (χ4n) is 4.00. The molecule has 1 atom stereocenters. The topological polar surface area (TPSA) is 64.6 Å². The van der Waals surface area contributed by atoms with E-state index in [9.17, 15) is 9.59 Å². The first-order valence-corrected chi connectivity index (χ1v) is 11.1. The number of amides is 1. The Morgan fingerprint density at radius 3 is 2.60 bits per heavy atom. The van der Waals surface area contributed by atoms with Crippen LogP contribution in [0.1, 0.15) is 59.1 Å². The Morgan fingerprint density at radius 1 is 1.23 bits per heavy atom. The molecule has 0 radical (unpaired) electrons. The van der Waals surface area contributed by atoms with Crippen LogP contribution in [0.15, 0.2) is 18.2 Å². The zero-order valence-corrected chi connectivity index (χ0v) is 19.5. The molecule has 30 heavy (non-hydrogen) atoms. The van der Waals surface area contributed by atoms with E-state index in [0.717, 1.165) is 36.0 Å². The Hall–Kier alpha value is -2.34. The van der Waals surface area contributed by atoms with Crippen LogP contribution < -0.4 is 10.1 Å². The van der Waals surface area contributed by atoms with Crippen molar-refractivity contribution in [2.24, 2.45) is 11.3 Å². The van der Waals surface area contributed by atoms with Gasteiger partial charge in [-0.15, -0.1) is 11.3 Å². The van der Waals surface area contributed by atoms with Crippen molar-refractivity contribution in [2.45, 2.75) is 53.9 Å². The lowest BCUT2D eigenvalue weighted by Gasteiger charge is -2.33. The van der Waals surface area contributed by atoms with Gasteiger partial charge in [0.2, 0.25) is 0 Å². The average molecular weight is 430 g/mol. The third-order valence-electron chi connectivity index (χ3n) is 5.82. The largest absolute Gasteiger partial charge is 0.483 e. The number of benzene rings is 1. The SMILES string of the molecule is COC(=O)c1c(NC(=O)COc2ccc(C)cc2C)sc2c1CCC(C(C)(C)C)C2. The predicted molar refractivity (Wildman–Crippen MR) is 121 cm³/mol. The molecule has 2 aromatic rings. The molecule has 1 amide bonds.